The molecule has 210 valence electrons. The van der Waals surface area contributed by atoms with Gasteiger partial charge in [-0.15, -0.1) is 0 Å². The van der Waals surface area contributed by atoms with Crippen molar-refractivity contribution in [3.05, 3.63) is 90.1 Å². The Hall–Kier alpha value is -3.98. The first-order valence-electron chi connectivity index (χ1n) is 13.4. The minimum atomic E-state index is -0.666. The van der Waals surface area contributed by atoms with Crippen LogP contribution in [-0.4, -0.2) is 30.2 Å². The fourth-order valence-electron chi connectivity index (χ4n) is 4.66. The van der Waals surface area contributed by atoms with Gasteiger partial charge in [-0.2, -0.15) is 0 Å². The number of carbonyl (C=O) groups is 2. The smallest absolute Gasteiger partial charge is 0.338 e. The van der Waals surface area contributed by atoms with Gasteiger partial charge in [-0.05, 0) is 54.2 Å². The summed E-state index contributed by atoms with van der Waals surface area (Å²) in [7, 11) is 1.48. The molecule has 4 rings (SSSR count). The van der Waals surface area contributed by atoms with E-state index in [1.54, 1.807) is 35.8 Å². The second kappa shape index (κ2) is 12.5. The van der Waals surface area contributed by atoms with Crippen LogP contribution in [0.3, 0.4) is 0 Å². The Morgan fingerprint density at radius 3 is 2.42 bits per heavy atom. The Balaban J connectivity index is 1.93. The molecule has 0 spiro atoms. The SMILES string of the molecule is CCCC1=C(C(=O)OCC)[C@@H](c2ccc(C(C)C)cc2)n2c(s/c(=C\c3ccc(OC(C)=O)c(OC)c3)c2=O)=N1. The van der Waals surface area contributed by atoms with E-state index in [0.29, 0.717) is 50.0 Å². The minimum Gasteiger partial charge on any atom is -0.493 e. The van der Waals surface area contributed by atoms with E-state index in [1.165, 1.54) is 25.4 Å². The van der Waals surface area contributed by atoms with Crippen molar-refractivity contribution in [3.63, 3.8) is 0 Å². The number of fused-ring (bicyclic) bond motifs is 1. The number of methoxy groups -OCH3 is 1. The Morgan fingerprint density at radius 2 is 1.82 bits per heavy atom. The normalized spacial score (nSPS) is 15.1. The van der Waals surface area contributed by atoms with E-state index < -0.39 is 18.0 Å². The van der Waals surface area contributed by atoms with E-state index in [2.05, 4.69) is 13.8 Å². The lowest BCUT2D eigenvalue weighted by atomic mass is 9.92. The molecule has 1 aliphatic heterocycles. The van der Waals surface area contributed by atoms with Crippen LogP contribution in [0.15, 0.2) is 63.5 Å². The summed E-state index contributed by atoms with van der Waals surface area (Å²) in [4.78, 5) is 44.0. The predicted octanol–water partition coefficient (Wildman–Crippen LogP) is 4.64. The molecule has 0 bridgehead atoms. The molecule has 40 heavy (non-hydrogen) atoms. The zero-order valence-electron chi connectivity index (χ0n) is 23.6. The van der Waals surface area contributed by atoms with Gasteiger partial charge in [0, 0.05) is 6.92 Å². The number of nitrogens with zero attached hydrogens (tertiary/aromatic N) is 2. The van der Waals surface area contributed by atoms with Gasteiger partial charge < -0.3 is 14.2 Å². The average molecular weight is 563 g/mol. The van der Waals surface area contributed by atoms with Crippen LogP contribution in [0.25, 0.3) is 6.08 Å². The summed E-state index contributed by atoms with van der Waals surface area (Å²) in [6.07, 6.45) is 3.11. The fraction of sp³-hybridized carbons (Fsp3) is 0.355. The van der Waals surface area contributed by atoms with Gasteiger partial charge >= 0.3 is 11.9 Å². The van der Waals surface area contributed by atoms with Crippen LogP contribution in [0.4, 0.5) is 0 Å². The molecule has 1 aliphatic rings. The topological polar surface area (TPSA) is 96.2 Å². The van der Waals surface area contributed by atoms with E-state index in [0.717, 1.165) is 17.5 Å². The monoisotopic (exact) mass is 562 g/mol. The maximum absolute atomic E-state index is 13.9. The van der Waals surface area contributed by atoms with Gasteiger partial charge in [0.1, 0.15) is 0 Å². The number of ether oxygens (including phenoxy) is 3. The average Bonchev–Trinajstić information content (AvgIpc) is 3.23. The quantitative estimate of drug-likeness (QED) is 0.279. The van der Waals surface area contributed by atoms with Crippen molar-refractivity contribution < 1.29 is 23.8 Å². The number of esters is 2. The number of hydrogen-bond acceptors (Lipinski definition) is 8. The molecule has 0 saturated carbocycles. The van der Waals surface area contributed by atoms with Gasteiger partial charge in [0.05, 0.1) is 35.6 Å². The zero-order chi connectivity index (χ0) is 29.0. The first-order valence-corrected chi connectivity index (χ1v) is 14.2. The highest BCUT2D eigenvalue weighted by Crippen LogP contribution is 2.33. The van der Waals surface area contributed by atoms with E-state index in [-0.39, 0.29) is 12.2 Å². The molecule has 2 heterocycles. The molecule has 8 nitrogen and oxygen atoms in total. The maximum atomic E-state index is 13.9. The van der Waals surface area contributed by atoms with Gasteiger partial charge in [0.25, 0.3) is 5.56 Å². The third-order valence-electron chi connectivity index (χ3n) is 6.55. The molecule has 0 unspecified atom stereocenters. The Morgan fingerprint density at radius 1 is 1.10 bits per heavy atom. The zero-order valence-corrected chi connectivity index (χ0v) is 24.5. The van der Waals surface area contributed by atoms with Crippen LogP contribution in [0.1, 0.15) is 76.1 Å². The van der Waals surface area contributed by atoms with E-state index >= 15 is 0 Å². The summed E-state index contributed by atoms with van der Waals surface area (Å²) in [5.74, 6) is 0.0844. The van der Waals surface area contributed by atoms with Gasteiger partial charge in [-0.3, -0.25) is 14.2 Å². The van der Waals surface area contributed by atoms with Crippen LogP contribution >= 0.6 is 11.3 Å². The summed E-state index contributed by atoms with van der Waals surface area (Å²) >= 11 is 1.26. The lowest BCUT2D eigenvalue weighted by molar-refractivity contribution is -0.139. The van der Waals surface area contributed by atoms with Crippen molar-refractivity contribution in [2.45, 2.75) is 59.4 Å². The number of thiazole rings is 1. The highest BCUT2D eigenvalue weighted by Gasteiger charge is 2.34. The molecule has 0 fully saturated rings. The van der Waals surface area contributed by atoms with Crippen molar-refractivity contribution in [2.24, 2.45) is 4.99 Å². The van der Waals surface area contributed by atoms with Crippen LogP contribution in [0.2, 0.25) is 0 Å². The summed E-state index contributed by atoms with van der Waals surface area (Å²) in [5.41, 5.74) is 3.44. The number of benzene rings is 2. The van der Waals surface area contributed by atoms with Crippen molar-refractivity contribution in [1.29, 1.82) is 0 Å². The Kier molecular flexibility index (Phi) is 9.04. The number of carbonyl (C=O) groups excluding carboxylic acids is 2. The van der Waals surface area contributed by atoms with Gasteiger partial charge in [-0.1, -0.05) is 68.9 Å². The van der Waals surface area contributed by atoms with E-state index in [9.17, 15) is 14.4 Å². The maximum Gasteiger partial charge on any atom is 0.338 e. The minimum absolute atomic E-state index is 0.219. The first-order chi connectivity index (χ1) is 19.2. The molecule has 0 aliphatic carbocycles. The Bertz CT molecular complexity index is 1630. The second-order valence-corrected chi connectivity index (χ2v) is 10.7. The number of rotatable bonds is 9. The highest BCUT2D eigenvalue weighted by molar-refractivity contribution is 7.07. The molecule has 1 atom stereocenters. The van der Waals surface area contributed by atoms with Crippen LogP contribution in [0, 0.1) is 0 Å². The third kappa shape index (κ3) is 5.94. The number of aromatic nitrogens is 1. The predicted molar refractivity (Wildman–Crippen MR) is 154 cm³/mol. The van der Waals surface area contributed by atoms with Crippen molar-refractivity contribution >= 4 is 29.4 Å². The summed E-state index contributed by atoms with van der Waals surface area (Å²) in [6, 6.07) is 12.4. The molecule has 0 saturated heterocycles. The third-order valence-corrected chi connectivity index (χ3v) is 7.53. The molecule has 2 aromatic carbocycles. The summed E-state index contributed by atoms with van der Waals surface area (Å²) < 4.78 is 18.1. The number of allylic oxidation sites excluding steroid dienone is 1. The van der Waals surface area contributed by atoms with Crippen molar-refractivity contribution in [1.82, 2.24) is 4.57 Å². The largest absolute Gasteiger partial charge is 0.493 e. The molecule has 9 heteroatoms. The van der Waals surface area contributed by atoms with Gasteiger partial charge in [0.15, 0.2) is 16.3 Å². The van der Waals surface area contributed by atoms with Crippen molar-refractivity contribution in [3.8, 4) is 11.5 Å². The number of hydrogen-bond donors (Lipinski definition) is 0. The summed E-state index contributed by atoms with van der Waals surface area (Å²) in [6.45, 7) is 9.57. The van der Waals surface area contributed by atoms with Crippen LogP contribution < -0.4 is 24.4 Å². The van der Waals surface area contributed by atoms with Crippen LogP contribution in [-0.2, 0) is 14.3 Å². The second-order valence-electron chi connectivity index (χ2n) is 9.74. The van der Waals surface area contributed by atoms with E-state index in [1.807, 2.05) is 31.2 Å². The summed E-state index contributed by atoms with van der Waals surface area (Å²) in [5, 5.41) is 0. The highest BCUT2D eigenvalue weighted by atomic mass is 32.1. The molecule has 0 N–H and O–H groups in total. The molecule has 3 aromatic rings. The molecular weight excluding hydrogens is 528 g/mol. The lowest BCUT2D eigenvalue weighted by Crippen LogP contribution is -2.40. The molecule has 0 amide bonds. The molecule has 0 radical (unpaired) electrons. The molecule has 1 aromatic heterocycles. The Labute approximate surface area is 237 Å². The standard InChI is InChI=1S/C31H34N2O6S/c1-7-9-23-27(30(36)38-8-2)28(22-13-11-21(12-14-22)18(3)4)33-29(35)26(40-31(33)32-23)17-20-10-15-24(39-19(5)34)25(16-20)37-6/h10-18,28H,7-9H2,1-6H3/b26-17-/t28-/m1/s1. The first kappa shape index (κ1) is 29.0. The fourth-order valence-corrected chi connectivity index (χ4v) is 5.68. The van der Waals surface area contributed by atoms with Gasteiger partial charge in [0.2, 0.25) is 0 Å². The van der Waals surface area contributed by atoms with Crippen molar-refractivity contribution in [2.75, 3.05) is 13.7 Å². The van der Waals surface area contributed by atoms with Gasteiger partial charge in [-0.25, -0.2) is 9.79 Å². The molecular formula is C31H34N2O6S. The van der Waals surface area contributed by atoms with E-state index in [4.69, 9.17) is 19.2 Å². The lowest BCUT2D eigenvalue weighted by Gasteiger charge is -2.26. The van der Waals surface area contributed by atoms with Crippen LogP contribution in [0.5, 0.6) is 11.5 Å².